The standard InChI is InChI=1S/C25H28N8/c1-17(26)20-4-3-5-22-21(6-7-27-24(20)22)23-13-29-33-16-18(12-28-25(23)33)32-14-19(15-32)31-10-8-30(2)9-11-31/h3-7,12-13,16,19H,1,8-11,14-15,26H2,2H3. The second-order valence-electron chi connectivity index (χ2n) is 9.12. The summed E-state index contributed by atoms with van der Waals surface area (Å²) in [7, 11) is 2.20. The van der Waals surface area contributed by atoms with E-state index in [4.69, 9.17) is 10.7 Å². The summed E-state index contributed by atoms with van der Waals surface area (Å²) in [4.78, 5) is 16.8. The molecule has 2 fully saturated rings. The number of nitrogens with two attached hydrogens (primary N) is 1. The van der Waals surface area contributed by atoms with Crippen LogP contribution in [0.1, 0.15) is 5.56 Å². The number of likely N-dealkylation sites (N-methyl/N-ethyl adjacent to an activating group) is 1. The van der Waals surface area contributed by atoms with Gasteiger partial charge >= 0.3 is 0 Å². The van der Waals surface area contributed by atoms with Crippen LogP contribution in [0.4, 0.5) is 5.69 Å². The summed E-state index contributed by atoms with van der Waals surface area (Å²) in [6.07, 6.45) is 7.74. The number of hydrogen-bond donors (Lipinski definition) is 1. The minimum absolute atomic E-state index is 0.511. The number of anilines is 1. The molecule has 33 heavy (non-hydrogen) atoms. The first-order valence-corrected chi connectivity index (χ1v) is 11.4. The van der Waals surface area contributed by atoms with E-state index < -0.39 is 0 Å². The number of aromatic nitrogens is 4. The minimum atomic E-state index is 0.511. The first-order chi connectivity index (χ1) is 16.1. The molecule has 8 nitrogen and oxygen atoms in total. The number of benzene rings is 1. The van der Waals surface area contributed by atoms with Crippen LogP contribution in [0.25, 0.3) is 33.4 Å². The van der Waals surface area contributed by atoms with Crippen LogP contribution in [-0.2, 0) is 0 Å². The first kappa shape index (κ1) is 20.1. The quantitative estimate of drug-likeness (QED) is 0.522. The Morgan fingerprint density at radius 2 is 1.85 bits per heavy atom. The van der Waals surface area contributed by atoms with Crippen LogP contribution < -0.4 is 10.6 Å². The van der Waals surface area contributed by atoms with Crippen LogP contribution in [0.2, 0.25) is 0 Å². The molecule has 3 aromatic heterocycles. The monoisotopic (exact) mass is 440 g/mol. The van der Waals surface area contributed by atoms with Gasteiger partial charge in [0.15, 0.2) is 5.65 Å². The zero-order valence-electron chi connectivity index (χ0n) is 18.9. The molecule has 0 saturated carbocycles. The van der Waals surface area contributed by atoms with Crippen molar-refractivity contribution in [3.05, 3.63) is 61.2 Å². The van der Waals surface area contributed by atoms with Crippen LogP contribution in [0.15, 0.2) is 55.6 Å². The van der Waals surface area contributed by atoms with Gasteiger partial charge in [-0.25, -0.2) is 9.50 Å². The van der Waals surface area contributed by atoms with Crippen molar-refractivity contribution < 1.29 is 0 Å². The van der Waals surface area contributed by atoms with Crippen LogP contribution in [-0.4, -0.2) is 81.7 Å². The lowest BCUT2D eigenvalue weighted by atomic mass is 10.0. The molecule has 0 atom stereocenters. The van der Waals surface area contributed by atoms with E-state index in [0.717, 1.165) is 78.2 Å². The van der Waals surface area contributed by atoms with Crippen LogP contribution in [0, 0.1) is 0 Å². The van der Waals surface area contributed by atoms with Gasteiger partial charge in [0.2, 0.25) is 0 Å². The maximum Gasteiger partial charge on any atom is 0.162 e. The fraction of sp³-hybridized carbons (Fsp3) is 0.320. The van der Waals surface area contributed by atoms with E-state index in [9.17, 15) is 0 Å². The Balaban J connectivity index is 1.28. The van der Waals surface area contributed by atoms with Crippen molar-refractivity contribution in [2.75, 3.05) is 51.2 Å². The molecule has 168 valence electrons. The Bertz CT molecular complexity index is 1350. The smallest absolute Gasteiger partial charge is 0.162 e. The number of nitrogens with zero attached hydrogens (tertiary/aromatic N) is 7. The van der Waals surface area contributed by atoms with Crippen molar-refractivity contribution in [3.8, 4) is 11.1 Å². The second kappa shape index (κ2) is 7.83. The second-order valence-corrected chi connectivity index (χ2v) is 9.12. The molecule has 6 rings (SSSR count). The fourth-order valence-electron chi connectivity index (χ4n) is 4.97. The van der Waals surface area contributed by atoms with Crippen LogP contribution in [0.3, 0.4) is 0 Å². The van der Waals surface area contributed by atoms with Gasteiger partial charge in [-0.2, -0.15) is 5.10 Å². The normalized spacial score (nSPS) is 18.2. The van der Waals surface area contributed by atoms with E-state index in [1.54, 1.807) is 6.20 Å². The van der Waals surface area contributed by atoms with Crippen molar-refractivity contribution in [1.82, 2.24) is 29.4 Å². The zero-order chi connectivity index (χ0) is 22.5. The molecule has 4 aromatic rings. The molecule has 2 N–H and O–H groups in total. The topological polar surface area (TPSA) is 78.8 Å². The summed E-state index contributed by atoms with van der Waals surface area (Å²) in [5.74, 6) is 0. The molecule has 2 aliphatic rings. The Hall–Kier alpha value is -3.49. The summed E-state index contributed by atoms with van der Waals surface area (Å²) in [6.45, 7) is 10.6. The van der Waals surface area contributed by atoms with Gasteiger partial charge in [0.1, 0.15) is 0 Å². The van der Waals surface area contributed by atoms with E-state index in [1.807, 2.05) is 35.1 Å². The summed E-state index contributed by atoms with van der Waals surface area (Å²) in [5, 5.41) is 5.64. The molecule has 1 aromatic carbocycles. The Morgan fingerprint density at radius 1 is 1.03 bits per heavy atom. The van der Waals surface area contributed by atoms with E-state index in [2.05, 4.69) is 50.7 Å². The zero-order valence-corrected chi connectivity index (χ0v) is 18.9. The Kier molecular flexibility index (Phi) is 4.78. The molecule has 2 saturated heterocycles. The maximum atomic E-state index is 5.99. The molecular formula is C25H28N8. The molecule has 5 heterocycles. The molecule has 0 radical (unpaired) electrons. The van der Waals surface area contributed by atoms with E-state index >= 15 is 0 Å². The predicted octanol–water partition coefficient (Wildman–Crippen LogP) is 2.31. The van der Waals surface area contributed by atoms with Gasteiger partial charge in [-0.05, 0) is 18.7 Å². The maximum absolute atomic E-state index is 5.99. The summed E-state index contributed by atoms with van der Waals surface area (Å²) in [6, 6.07) is 8.63. The number of para-hydroxylation sites is 1. The third-order valence-electron chi connectivity index (χ3n) is 7.03. The minimum Gasteiger partial charge on any atom is -0.399 e. The van der Waals surface area contributed by atoms with E-state index in [-0.39, 0.29) is 0 Å². The van der Waals surface area contributed by atoms with Gasteiger partial charge in [-0.3, -0.25) is 9.88 Å². The fourth-order valence-corrected chi connectivity index (χ4v) is 4.97. The highest BCUT2D eigenvalue weighted by Crippen LogP contribution is 2.33. The lowest BCUT2D eigenvalue weighted by Gasteiger charge is -2.48. The summed E-state index contributed by atoms with van der Waals surface area (Å²) in [5.41, 5.74) is 12.2. The van der Waals surface area contributed by atoms with Crippen molar-refractivity contribution in [2.45, 2.75) is 6.04 Å². The Morgan fingerprint density at radius 3 is 2.64 bits per heavy atom. The number of piperazine rings is 1. The average molecular weight is 441 g/mol. The molecule has 0 amide bonds. The first-order valence-electron chi connectivity index (χ1n) is 11.4. The molecule has 0 unspecified atom stereocenters. The predicted molar refractivity (Wildman–Crippen MR) is 132 cm³/mol. The number of rotatable bonds is 4. The molecule has 2 aliphatic heterocycles. The lowest BCUT2D eigenvalue weighted by molar-refractivity contribution is 0.0963. The third-order valence-corrected chi connectivity index (χ3v) is 7.03. The van der Waals surface area contributed by atoms with Gasteiger partial charge in [0, 0.05) is 73.7 Å². The van der Waals surface area contributed by atoms with Gasteiger partial charge in [0.25, 0.3) is 0 Å². The third kappa shape index (κ3) is 3.42. The SMILES string of the molecule is C=C(N)c1cccc2c(-c3cnn4cc(N5CC(N6CCN(C)CC6)C5)cnc34)ccnc12. The largest absolute Gasteiger partial charge is 0.399 e. The van der Waals surface area contributed by atoms with Crippen molar-refractivity contribution in [2.24, 2.45) is 5.73 Å². The highest BCUT2D eigenvalue weighted by atomic mass is 15.4. The van der Waals surface area contributed by atoms with E-state index in [0.29, 0.717) is 11.7 Å². The number of fused-ring (bicyclic) bond motifs is 2. The summed E-state index contributed by atoms with van der Waals surface area (Å²) >= 11 is 0. The van der Waals surface area contributed by atoms with E-state index in [1.165, 1.54) is 0 Å². The molecule has 0 bridgehead atoms. The van der Waals surface area contributed by atoms with Gasteiger partial charge in [-0.15, -0.1) is 0 Å². The molecule has 0 aliphatic carbocycles. The van der Waals surface area contributed by atoms with Crippen LogP contribution >= 0.6 is 0 Å². The van der Waals surface area contributed by atoms with Crippen molar-refractivity contribution >= 4 is 27.9 Å². The van der Waals surface area contributed by atoms with Crippen molar-refractivity contribution in [1.29, 1.82) is 0 Å². The van der Waals surface area contributed by atoms with Crippen LogP contribution in [0.5, 0.6) is 0 Å². The molecule has 0 spiro atoms. The van der Waals surface area contributed by atoms with Gasteiger partial charge in [-0.1, -0.05) is 24.8 Å². The van der Waals surface area contributed by atoms with Gasteiger partial charge < -0.3 is 15.5 Å². The number of hydrogen-bond acceptors (Lipinski definition) is 7. The summed E-state index contributed by atoms with van der Waals surface area (Å²) < 4.78 is 1.88. The molecular weight excluding hydrogens is 412 g/mol. The highest BCUT2D eigenvalue weighted by Gasteiger charge is 2.33. The van der Waals surface area contributed by atoms with Crippen molar-refractivity contribution in [3.63, 3.8) is 0 Å². The average Bonchev–Trinajstić information content (AvgIpc) is 3.21. The molecule has 8 heteroatoms. The Labute approximate surface area is 192 Å². The lowest BCUT2D eigenvalue weighted by Crippen LogP contribution is -2.63. The highest BCUT2D eigenvalue weighted by molar-refractivity contribution is 6.01. The van der Waals surface area contributed by atoms with Gasteiger partial charge in [0.05, 0.1) is 29.8 Å². The number of pyridine rings is 1.